The minimum atomic E-state index is -0.654. The lowest BCUT2D eigenvalue weighted by atomic mass is 10.0. The summed E-state index contributed by atoms with van der Waals surface area (Å²) < 4.78 is 31.3. The summed E-state index contributed by atoms with van der Waals surface area (Å²) in [7, 11) is 0. The first-order valence-electron chi connectivity index (χ1n) is 6.12. The van der Waals surface area contributed by atoms with Gasteiger partial charge in [0.2, 0.25) is 0 Å². The topological polar surface area (TPSA) is 39.2 Å². The number of pyridine rings is 1. The second-order valence-corrected chi connectivity index (χ2v) is 4.23. The third-order valence-electron chi connectivity index (χ3n) is 2.79. The van der Waals surface area contributed by atoms with Gasteiger partial charge in [-0.15, -0.1) is 0 Å². The Balaban J connectivity index is 2.58. The smallest absolute Gasteiger partial charge is 0.340 e. The molecular formula is C15H13F2NO2. The Bertz CT molecular complexity index is 656. The van der Waals surface area contributed by atoms with E-state index < -0.39 is 11.8 Å². The Labute approximate surface area is 115 Å². The molecule has 20 heavy (non-hydrogen) atoms. The number of ether oxygens (including phenoxy) is 1. The van der Waals surface area contributed by atoms with E-state index in [1.807, 2.05) is 0 Å². The summed E-state index contributed by atoms with van der Waals surface area (Å²) in [5, 5.41) is 0. The number of halogens is 2. The molecule has 0 N–H and O–H groups in total. The van der Waals surface area contributed by atoms with Gasteiger partial charge in [-0.1, -0.05) is 0 Å². The van der Waals surface area contributed by atoms with Gasteiger partial charge < -0.3 is 4.74 Å². The summed E-state index contributed by atoms with van der Waals surface area (Å²) >= 11 is 0. The average Bonchev–Trinajstić information content (AvgIpc) is 2.39. The van der Waals surface area contributed by atoms with E-state index in [1.54, 1.807) is 13.8 Å². The van der Waals surface area contributed by atoms with E-state index in [4.69, 9.17) is 4.74 Å². The molecule has 5 heteroatoms. The van der Waals surface area contributed by atoms with E-state index in [0.29, 0.717) is 11.1 Å². The van der Waals surface area contributed by atoms with Crippen molar-refractivity contribution in [3.05, 3.63) is 53.2 Å². The molecule has 1 aromatic heterocycles. The number of carbonyl (C=O) groups excluding carboxylic acids is 1. The van der Waals surface area contributed by atoms with Gasteiger partial charge in [0, 0.05) is 5.56 Å². The minimum Gasteiger partial charge on any atom is -0.462 e. The van der Waals surface area contributed by atoms with E-state index in [0.717, 1.165) is 12.3 Å². The Morgan fingerprint density at radius 3 is 2.65 bits per heavy atom. The molecule has 0 fully saturated rings. The zero-order valence-electron chi connectivity index (χ0n) is 11.1. The number of hydrogen-bond donors (Lipinski definition) is 0. The fourth-order valence-corrected chi connectivity index (χ4v) is 1.91. The number of benzene rings is 1. The van der Waals surface area contributed by atoms with Crippen molar-refractivity contribution in [2.75, 3.05) is 6.61 Å². The van der Waals surface area contributed by atoms with Crippen LogP contribution < -0.4 is 0 Å². The predicted molar refractivity (Wildman–Crippen MR) is 70.3 cm³/mol. The van der Waals surface area contributed by atoms with Crippen LogP contribution in [0.5, 0.6) is 0 Å². The molecule has 0 saturated carbocycles. The van der Waals surface area contributed by atoms with Crippen LogP contribution in [0.15, 0.2) is 30.5 Å². The van der Waals surface area contributed by atoms with Gasteiger partial charge in [0.05, 0.1) is 24.1 Å². The van der Waals surface area contributed by atoms with Crippen LogP contribution in [0.4, 0.5) is 8.78 Å². The molecule has 0 aliphatic rings. The summed E-state index contributed by atoms with van der Waals surface area (Å²) in [6.07, 6.45) is 1.01. The Kier molecular flexibility index (Phi) is 4.08. The maximum atomic E-state index is 13.3. The molecule has 0 bridgehead atoms. The number of nitrogens with zero attached hydrogens (tertiary/aromatic N) is 1. The van der Waals surface area contributed by atoms with Gasteiger partial charge in [-0.3, -0.25) is 4.98 Å². The summed E-state index contributed by atoms with van der Waals surface area (Å²) in [5.41, 5.74) is 1.48. The molecule has 3 nitrogen and oxygen atoms in total. The van der Waals surface area contributed by atoms with Crippen LogP contribution in [0.3, 0.4) is 0 Å². The highest BCUT2D eigenvalue weighted by Crippen LogP contribution is 2.26. The monoisotopic (exact) mass is 277 g/mol. The van der Waals surface area contributed by atoms with E-state index in [1.165, 1.54) is 18.2 Å². The largest absolute Gasteiger partial charge is 0.462 e. The zero-order valence-corrected chi connectivity index (χ0v) is 11.1. The van der Waals surface area contributed by atoms with Gasteiger partial charge in [-0.2, -0.15) is 0 Å². The van der Waals surface area contributed by atoms with Crippen LogP contribution in [0, 0.1) is 18.6 Å². The van der Waals surface area contributed by atoms with Crippen LogP contribution >= 0.6 is 0 Å². The second kappa shape index (κ2) is 5.77. The molecule has 0 aliphatic carbocycles. The van der Waals surface area contributed by atoms with Crippen LogP contribution in [-0.2, 0) is 4.74 Å². The first-order chi connectivity index (χ1) is 9.52. The number of carbonyl (C=O) groups is 1. The number of aromatic nitrogens is 1. The highest BCUT2D eigenvalue weighted by molar-refractivity contribution is 5.96. The van der Waals surface area contributed by atoms with E-state index >= 15 is 0 Å². The third-order valence-corrected chi connectivity index (χ3v) is 2.79. The van der Waals surface area contributed by atoms with Gasteiger partial charge in [0.15, 0.2) is 0 Å². The van der Waals surface area contributed by atoms with Crippen molar-refractivity contribution < 1.29 is 18.3 Å². The molecular weight excluding hydrogens is 264 g/mol. The van der Waals surface area contributed by atoms with Crippen LogP contribution in [-0.4, -0.2) is 17.6 Å². The van der Waals surface area contributed by atoms with Crippen LogP contribution in [0.2, 0.25) is 0 Å². The van der Waals surface area contributed by atoms with Crippen LogP contribution in [0.25, 0.3) is 11.3 Å². The van der Waals surface area contributed by atoms with Gasteiger partial charge in [-0.05, 0) is 43.7 Å². The average molecular weight is 277 g/mol. The number of rotatable bonds is 3. The lowest BCUT2D eigenvalue weighted by Gasteiger charge is -2.10. The molecule has 0 saturated heterocycles. The van der Waals surface area contributed by atoms with E-state index in [-0.39, 0.29) is 23.7 Å². The normalized spacial score (nSPS) is 10.4. The third kappa shape index (κ3) is 2.82. The summed E-state index contributed by atoms with van der Waals surface area (Å²) in [4.78, 5) is 15.8. The fraction of sp³-hybridized carbons (Fsp3) is 0.200. The van der Waals surface area contributed by atoms with Gasteiger partial charge in [0.1, 0.15) is 11.6 Å². The molecule has 1 aromatic carbocycles. The molecule has 0 aliphatic heterocycles. The second-order valence-electron chi connectivity index (χ2n) is 4.23. The molecule has 104 valence electrons. The van der Waals surface area contributed by atoms with E-state index in [9.17, 15) is 13.6 Å². The van der Waals surface area contributed by atoms with Crippen molar-refractivity contribution >= 4 is 5.97 Å². The maximum Gasteiger partial charge on any atom is 0.340 e. The Morgan fingerprint density at radius 2 is 2.00 bits per heavy atom. The lowest BCUT2D eigenvalue weighted by Crippen LogP contribution is -2.08. The first kappa shape index (κ1) is 14.1. The van der Waals surface area contributed by atoms with Gasteiger partial charge in [0.25, 0.3) is 0 Å². The Morgan fingerprint density at radius 1 is 1.25 bits per heavy atom. The summed E-state index contributed by atoms with van der Waals surface area (Å²) in [6, 6.07) is 5.17. The number of hydrogen-bond acceptors (Lipinski definition) is 3. The van der Waals surface area contributed by atoms with Gasteiger partial charge in [-0.25, -0.2) is 13.6 Å². The van der Waals surface area contributed by atoms with Crippen molar-refractivity contribution in [2.24, 2.45) is 0 Å². The van der Waals surface area contributed by atoms with Gasteiger partial charge >= 0.3 is 5.97 Å². The summed E-state index contributed by atoms with van der Waals surface area (Å²) in [5.74, 6) is -1.67. The molecule has 0 atom stereocenters. The highest BCUT2D eigenvalue weighted by atomic mass is 19.1. The lowest BCUT2D eigenvalue weighted by molar-refractivity contribution is 0.0526. The maximum absolute atomic E-state index is 13.3. The van der Waals surface area contributed by atoms with Crippen molar-refractivity contribution in [1.82, 2.24) is 4.98 Å². The van der Waals surface area contributed by atoms with Crippen LogP contribution in [0.1, 0.15) is 22.8 Å². The number of aryl methyl sites for hydroxylation is 1. The molecule has 0 spiro atoms. The number of esters is 1. The van der Waals surface area contributed by atoms with Crippen molar-refractivity contribution in [3.63, 3.8) is 0 Å². The van der Waals surface area contributed by atoms with Crippen molar-refractivity contribution in [3.8, 4) is 11.3 Å². The van der Waals surface area contributed by atoms with E-state index in [2.05, 4.69) is 4.98 Å². The molecule has 0 radical (unpaired) electrons. The highest BCUT2D eigenvalue weighted by Gasteiger charge is 2.18. The fourth-order valence-electron chi connectivity index (χ4n) is 1.91. The molecule has 2 aromatic rings. The quantitative estimate of drug-likeness (QED) is 0.806. The Hall–Kier alpha value is -2.30. The SMILES string of the molecule is CCOC(=O)c1cc(F)cnc1-c1ccc(F)cc1C. The predicted octanol–water partition coefficient (Wildman–Crippen LogP) is 3.51. The van der Waals surface area contributed by atoms with Crippen molar-refractivity contribution in [1.29, 1.82) is 0 Å². The minimum absolute atomic E-state index is 0.0292. The molecule has 0 amide bonds. The zero-order chi connectivity index (χ0) is 14.7. The molecule has 0 unspecified atom stereocenters. The van der Waals surface area contributed by atoms with Crippen molar-refractivity contribution in [2.45, 2.75) is 13.8 Å². The summed E-state index contributed by atoms with van der Waals surface area (Å²) in [6.45, 7) is 3.53. The molecule has 1 heterocycles. The molecule has 2 rings (SSSR count). The first-order valence-corrected chi connectivity index (χ1v) is 6.12. The standard InChI is InChI=1S/C15H13F2NO2/c1-3-20-15(19)13-7-11(17)8-18-14(13)12-5-4-10(16)6-9(12)2/h4-8H,3H2,1-2H3.